The Morgan fingerprint density at radius 2 is 2.04 bits per heavy atom. The molecule has 0 spiro atoms. The van der Waals surface area contributed by atoms with E-state index in [2.05, 4.69) is 20.6 Å². The molecule has 0 fully saturated rings. The van der Waals surface area contributed by atoms with E-state index < -0.39 is 0 Å². The van der Waals surface area contributed by atoms with Crippen LogP contribution < -0.4 is 5.32 Å². The Bertz CT molecular complexity index is 854. The maximum absolute atomic E-state index is 12.2. The van der Waals surface area contributed by atoms with Crippen LogP contribution in [-0.4, -0.2) is 32.1 Å². The average molecular weight is 343 g/mol. The summed E-state index contributed by atoms with van der Waals surface area (Å²) in [5, 5.41) is 14.6. The average Bonchev–Trinajstić information content (AvgIpc) is 3.21. The molecule has 0 aliphatic carbocycles. The van der Waals surface area contributed by atoms with Crippen molar-refractivity contribution in [1.82, 2.24) is 20.0 Å². The second kappa shape index (κ2) is 6.88. The number of hydrogen-bond acceptors (Lipinski definition) is 6. The van der Waals surface area contributed by atoms with Crippen molar-refractivity contribution < 1.29 is 9.21 Å². The third-order valence-electron chi connectivity index (χ3n) is 3.50. The Hall–Kier alpha value is -2.61. The number of anilines is 1. The minimum Gasteiger partial charge on any atom is -0.403 e. The molecule has 0 saturated carbocycles. The number of nitrogens with one attached hydrogen (secondary N) is 1. The molecule has 0 unspecified atom stereocenters. The lowest BCUT2D eigenvalue weighted by Crippen LogP contribution is -2.13. The van der Waals surface area contributed by atoms with Crippen LogP contribution in [0.15, 0.2) is 39.6 Å². The van der Waals surface area contributed by atoms with E-state index in [1.54, 1.807) is 22.5 Å². The van der Waals surface area contributed by atoms with Gasteiger partial charge in [-0.15, -0.1) is 16.9 Å². The summed E-state index contributed by atoms with van der Waals surface area (Å²) in [4.78, 5) is 13.4. The van der Waals surface area contributed by atoms with Crippen LogP contribution in [0.3, 0.4) is 0 Å². The molecule has 0 saturated heterocycles. The molecule has 124 valence electrons. The molecule has 1 N–H and O–H groups in total. The number of benzene rings is 1. The van der Waals surface area contributed by atoms with Gasteiger partial charge in [0.15, 0.2) is 5.69 Å². The predicted molar refractivity (Wildman–Crippen MR) is 92.1 cm³/mol. The van der Waals surface area contributed by atoms with E-state index in [1.807, 2.05) is 44.4 Å². The first kappa shape index (κ1) is 16.3. The monoisotopic (exact) mass is 343 g/mol. The SMILES string of the molecule is CCn1nc(C(=O)Nc2nnc(-c3ccc(SC)cc3)o2)cc1C. The van der Waals surface area contributed by atoms with E-state index in [0.717, 1.165) is 16.2 Å². The van der Waals surface area contributed by atoms with Crippen molar-refractivity contribution in [3.8, 4) is 11.5 Å². The van der Waals surface area contributed by atoms with Crippen molar-refractivity contribution in [2.24, 2.45) is 0 Å². The summed E-state index contributed by atoms with van der Waals surface area (Å²) in [5.41, 5.74) is 2.04. The molecule has 8 heteroatoms. The third kappa shape index (κ3) is 3.33. The van der Waals surface area contributed by atoms with Gasteiger partial charge in [0.05, 0.1) is 0 Å². The second-order valence-corrected chi connectivity index (χ2v) is 5.96. The van der Waals surface area contributed by atoms with Crippen molar-refractivity contribution in [3.05, 3.63) is 41.7 Å². The number of aromatic nitrogens is 4. The number of hydrogen-bond donors (Lipinski definition) is 1. The Balaban J connectivity index is 1.74. The van der Waals surface area contributed by atoms with Crippen LogP contribution in [0.1, 0.15) is 23.1 Å². The van der Waals surface area contributed by atoms with E-state index in [0.29, 0.717) is 18.1 Å². The first-order valence-electron chi connectivity index (χ1n) is 7.44. The highest BCUT2D eigenvalue weighted by molar-refractivity contribution is 7.98. The Morgan fingerprint density at radius 3 is 2.67 bits per heavy atom. The fourth-order valence-corrected chi connectivity index (χ4v) is 2.63. The van der Waals surface area contributed by atoms with Gasteiger partial charge in [-0.3, -0.25) is 14.8 Å². The molecule has 24 heavy (non-hydrogen) atoms. The first-order valence-corrected chi connectivity index (χ1v) is 8.67. The number of thioether (sulfide) groups is 1. The van der Waals surface area contributed by atoms with E-state index in [9.17, 15) is 4.79 Å². The maximum atomic E-state index is 12.2. The molecule has 3 rings (SSSR count). The molecule has 2 aromatic heterocycles. The van der Waals surface area contributed by atoms with Gasteiger partial charge in [0, 0.05) is 22.7 Å². The quantitative estimate of drug-likeness (QED) is 0.716. The minimum absolute atomic E-state index is 0.0487. The molecule has 0 radical (unpaired) electrons. The zero-order valence-electron chi connectivity index (χ0n) is 13.6. The van der Waals surface area contributed by atoms with Crippen molar-refractivity contribution in [1.29, 1.82) is 0 Å². The molecule has 0 bridgehead atoms. The van der Waals surface area contributed by atoms with Gasteiger partial charge in [-0.2, -0.15) is 5.10 Å². The molecule has 3 aromatic rings. The standard InChI is InChI=1S/C16H17N5O2S/c1-4-21-10(2)9-13(20-21)14(22)17-16-19-18-15(23-16)11-5-7-12(24-3)8-6-11/h5-9H,4H2,1-3H3,(H,17,19,22). The Morgan fingerprint density at radius 1 is 1.29 bits per heavy atom. The van der Waals surface area contributed by atoms with E-state index in [4.69, 9.17) is 4.42 Å². The van der Waals surface area contributed by atoms with Gasteiger partial charge in [-0.1, -0.05) is 5.10 Å². The summed E-state index contributed by atoms with van der Waals surface area (Å²) in [6.07, 6.45) is 2.01. The van der Waals surface area contributed by atoms with Crippen LogP contribution in [0.2, 0.25) is 0 Å². The van der Waals surface area contributed by atoms with Crippen molar-refractivity contribution >= 4 is 23.7 Å². The van der Waals surface area contributed by atoms with Crippen LogP contribution in [-0.2, 0) is 6.54 Å². The lowest BCUT2D eigenvalue weighted by molar-refractivity contribution is 0.101. The summed E-state index contributed by atoms with van der Waals surface area (Å²) >= 11 is 1.66. The molecule has 0 aliphatic heterocycles. The predicted octanol–water partition coefficient (Wildman–Crippen LogP) is 3.24. The molecule has 0 atom stereocenters. The number of carbonyl (C=O) groups is 1. The van der Waals surface area contributed by atoms with Crippen molar-refractivity contribution in [2.45, 2.75) is 25.3 Å². The largest absolute Gasteiger partial charge is 0.403 e. The number of amides is 1. The van der Waals surface area contributed by atoms with Gasteiger partial charge in [0.2, 0.25) is 5.89 Å². The zero-order chi connectivity index (χ0) is 17.1. The fourth-order valence-electron chi connectivity index (χ4n) is 2.23. The minimum atomic E-state index is -0.377. The van der Waals surface area contributed by atoms with Crippen LogP contribution in [0.4, 0.5) is 6.01 Å². The number of aryl methyl sites for hydroxylation is 2. The maximum Gasteiger partial charge on any atom is 0.322 e. The highest BCUT2D eigenvalue weighted by atomic mass is 32.2. The van der Waals surface area contributed by atoms with Crippen LogP contribution >= 0.6 is 11.8 Å². The topological polar surface area (TPSA) is 85.8 Å². The number of carbonyl (C=O) groups excluding carboxylic acids is 1. The van der Waals surface area contributed by atoms with E-state index in [-0.39, 0.29) is 11.9 Å². The van der Waals surface area contributed by atoms with Gasteiger partial charge in [0.25, 0.3) is 5.91 Å². The molecule has 7 nitrogen and oxygen atoms in total. The van der Waals surface area contributed by atoms with E-state index >= 15 is 0 Å². The molecular formula is C16H17N5O2S. The Kier molecular flexibility index (Phi) is 4.66. The second-order valence-electron chi connectivity index (χ2n) is 5.08. The molecule has 1 aromatic carbocycles. The first-order chi connectivity index (χ1) is 11.6. The Labute approximate surface area is 143 Å². The molecule has 1 amide bonds. The van der Waals surface area contributed by atoms with Crippen LogP contribution in [0, 0.1) is 6.92 Å². The van der Waals surface area contributed by atoms with Gasteiger partial charge >= 0.3 is 6.01 Å². The normalized spacial score (nSPS) is 10.8. The molecule has 2 heterocycles. The summed E-state index contributed by atoms with van der Waals surface area (Å²) in [6, 6.07) is 9.52. The van der Waals surface area contributed by atoms with Gasteiger partial charge in [-0.05, 0) is 50.4 Å². The summed E-state index contributed by atoms with van der Waals surface area (Å²) in [6.45, 7) is 4.57. The van der Waals surface area contributed by atoms with Crippen molar-refractivity contribution in [3.63, 3.8) is 0 Å². The summed E-state index contributed by atoms with van der Waals surface area (Å²) in [5.74, 6) is -0.0218. The highest BCUT2D eigenvalue weighted by Crippen LogP contribution is 2.23. The lowest BCUT2D eigenvalue weighted by atomic mass is 10.2. The fraction of sp³-hybridized carbons (Fsp3) is 0.250. The van der Waals surface area contributed by atoms with Crippen molar-refractivity contribution in [2.75, 3.05) is 11.6 Å². The lowest BCUT2D eigenvalue weighted by Gasteiger charge is -1.98. The molecular weight excluding hydrogens is 326 g/mol. The van der Waals surface area contributed by atoms with Crippen LogP contribution in [0.25, 0.3) is 11.5 Å². The smallest absolute Gasteiger partial charge is 0.322 e. The zero-order valence-corrected chi connectivity index (χ0v) is 14.4. The van der Waals surface area contributed by atoms with Crippen LogP contribution in [0.5, 0.6) is 0 Å². The van der Waals surface area contributed by atoms with Gasteiger partial charge < -0.3 is 4.42 Å². The van der Waals surface area contributed by atoms with E-state index in [1.165, 1.54) is 0 Å². The number of rotatable bonds is 5. The van der Waals surface area contributed by atoms with Gasteiger partial charge in [0.1, 0.15) is 0 Å². The number of nitrogens with zero attached hydrogens (tertiary/aromatic N) is 4. The molecule has 0 aliphatic rings. The highest BCUT2D eigenvalue weighted by Gasteiger charge is 2.16. The summed E-state index contributed by atoms with van der Waals surface area (Å²) < 4.78 is 7.25. The van der Waals surface area contributed by atoms with Gasteiger partial charge in [-0.25, -0.2) is 0 Å². The summed E-state index contributed by atoms with van der Waals surface area (Å²) in [7, 11) is 0. The third-order valence-corrected chi connectivity index (χ3v) is 4.24.